The van der Waals surface area contributed by atoms with Crippen LogP contribution in [0.3, 0.4) is 0 Å². The molecular formula is C15H9FN6O. The molecule has 0 bridgehead atoms. The highest BCUT2D eigenvalue weighted by molar-refractivity contribution is 6.03. The van der Waals surface area contributed by atoms with Crippen molar-refractivity contribution in [1.29, 1.82) is 5.26 Å². The summed E-state index contributed by atoms with van der Waals surface area (Å²) in [5.41, 5.74) is 0.708. The number of aromatic nitrogens is 4. The predicted octanol–water partition coefficient (Wildman–Crippen LogP) is 1.93. The van der Waals surface area contributed by atoms with Crippen LogP contribution in [0.2, 0.25) is 0 Å². The van der Waals surface area contributed by atoms with Gasteiger partial charge in [-0.15, -0.1) is 0 Å². The molecular weight excluding hydrogens is 299 g/mol. The number of amides is 1. The number of carbonyl (C=O) groups excluding carboxylic acids is 1. The van der Waals surface area contributed by atoms with Crippen LogP contribution in [0.5, 0.6) is 0 Å². The van der Waals surface area contributed by atoms with Crippen molar-refractivity contribution in [2.45, 2.75) is 0 Å². The summed E-state index contributed by atoms with van der Waals surface area (Å²) in [6, 6.07) is 8.96. The molecule has 0 atom stereocenters. The van der Waals surface area contributed by atoms with E-state index in [1.165, 1.54) is 47.8 Å². The second-order valence-corrected chi connectivity index (χ2v) is 4.50. The zero-order valence-electron chi connectivity index (χ0n) is 11.6. The average molecular weight is 308 g/mol. The number of halogens is 1. The molecule has 7 nitrogen and oxygen atoms in total. The first-order chi connectivity index (χ1) is 11.2. The van der Waals surface area contributed by atoms with Gasteiger partial charge in [-0.05, 0) is 30.3 Å². The number of pyridine rings is 1. The number of rotatable bonds is 3. The third-order valence-corrected chi connectivity index (χ3v) is 3.01. The van der Waals surface area contributed by atoms with E-state index in [9.17, 15) is 9.18 Å². The van der Waals surface area contributed by atoms with Gasteiger partial charge in [0.2, 0.25) is 0 Å². The number of nitriles is 1. The Labute approximate surface area is 130 Å². The average Bonchev–Trinajstić information content (AvgIpc) is 3.09. The van der Waals surface area contributed by atoms with Gasteiger partial charge in [-0.1, -0.05) is 0 Å². The van der Waals surface area contributed by atoms with Crippen LogP contribution in [0.15, 0.2) is 49.2 Å². The number of anilines is 1. The minimum Gasteiger partial charge on any atom is -0.307 e. The van der Waals surface area contributed by atoms with Gasteiger partial charge in [-0.3, -0.25) is 4.79 Å². The maximum atomic E-state index is 14.1. The van der Waals surface area contributed by atoms with Crippen LogP contribution < -0.4 is 5.32 Å². The fraction of sp³-hybridized carbons (Fsp3) is 0. The fourth-order valence-electron chi connectivity index (χ4n) is 1.89. The Morgan fingerprint density at radius 2 is 2.17 bits per heavy atom. The number of nitrogens with one attached hydrogen (secondary N) is 1. The molecule has 3 aromatic rings. The molecule has 1 N–H and O–H groups in total. The highest BCUT2D eigenvalue weighted by Crippen LogP contribution is 2.15. The molecule has 112 valence electrons. The van der Waals surface area contributed by atoms with Crippen molar-refractivity contribution < 1.29 is 9.18 Å². The fourth-order valence-corrected chi connectivity index (χ4v) is 1.89. The Bertz CT molecular complexity index is 883. The second-order valence-electron chi connectivity index (χ2n) is 4.50. The van der Waals surface area contributed by atoms with Crippen molar-refractivity contribution in [1.82, 2.24) is 19.7 Å². The van der Waals surface area contributed by atoms with Crippen LogP contribution in [0, 0.1) is 17.1 Å². The molecule has 0 saturated heterocycles. The lowest BCUT2D eigenvalue weighted by molar-refractivity contribution is 0.102. The minimum absolute atomic E-state index is 0.137. The van der Waals surface area contributed by atoms with E-state index >= 15 is 0 Å². The molecule has 0 aliphatic carbocycles. The van der Waals surface area contributed by atoms with Crippen LogP contribution in [-0.4, -0.2) is 25.7 Å². The molecule has 0 fully saturated rings. The van der Waals surface area contributed by atoms with E-state index in [1.54, 1.807) is 0 Å². The third-order valence-electron chi connectivity index (χ3n) is 3.01. The van der Waals surface area contributed by atoms with Crippen LogP contribution in [0.25, 0.3) is 5.69 Å². The Balaban J connectivity index is 1.80. The molecule has 1 aromatic carbocycles. The first-order valence-corrected chi connectivity index (χ1v) is 6.49. The summed E-state index contributed by atoms with van der Waals surface area (Å²) in [4.78, 5) is 19.8. The van der Waals surface area contributed by atoms with E-state index < -0.39 is 11.7 Å². The topological polar surface area (TPSA) is 96.5 Å². The third kappa shape index (κ3) is 3.03. The van der Waals surface area contributed by atoms with Gasteiger partial charge in [0.25, 0.3) is 5.91 Å². The van der Waals surface area contributed by atoms with Crippen molar-refractivity contribution in [3.05, 3.63) is 66.1 Å². The molecule has 2 heterocycles. The Morgan fingerprint density at radius 1 is 1.30 bits per heavy atom. The van der Waals surface area contributed by atoms with Gasteiger partial charge < -0.3 is 5.32 Å². The molecule has 0 aliphatic heterocycles. The number of benzene rings is 1. The molecule has 0 saturated carbocycles. The van der Waals surface area contributed by atoms with Crippen molar-refractivity contribution in [2.75, 3.05) is 5.32 Å². The summed E-state index contributed by atoms with van der Waals surface area (Å²) in [6.07, 6.45) is 3.99. The molecule has 1 amide bonds. The quantitative estimate of drug-likeness (QED) is 0.797. The lowest BCUT2D eigenvalue weighted by Gasteiger charge is -2.07. The van der Waals surface area contributed by atoms with E-state index in [2.05, 4.69) is 20.4 Å². The van der Waals surface area contributed by atoms with Crippen LogP contribution in [-0.2, 0) is 0 Å². The number of hydrogen-bond donors (Lipinski definition) is 1. The zero-order valence-corrected chi connectivity index (χ0v) is 11.6. The summed E-state index contributed by atoms with van der Waals surface area (Å²) in [5.74, 6) is -0.836. The molecule has 2 aromatic heterocycles. The first kappa shape index (κ1) is 14.3. The van der Waals surface area contributed by atoms with Gasteiger partial charge in [-0.25, -0.2) is 19.0 Å². The SMILES string of the molecule is N#Cc1ccc(NC(=O)c2ccc(-n3cncn3)c(F)c2)nc1. The minimum atomic E-state index is -0.601. The normalized spacial score (nSPS) is 10.1. The summed E-state index contributed by atoms with van der Waals surface area (Å²) < 4.78 is 15.4. The van der Waals surface area contributed by atoms with Crippen molar-refractivity contribution in [3.63, 3.8) is 0 Å². The molecule has 23 heavy (non-hydrogen) atoms. The number of carbonyl (C=O) groups is 1. The summed E-state index contributed by atoms with van der Waals surface area (Å²) in [6.45, 7) is 0. The molecule has 8 heteroatoms. The smallest absolute Gasteiger partial charge is 0.256 e. The van der Waals surface area contributed by atoms with Gasteiger partial charge in [-0.2, -0.15) is 10.4 Å². The highest BCUT2D eigenvalue weighted by atomic mass is 19.1. The number of hydrogen-bond acceptors (Lipinski definition) is 5. The molecule has 3 rings (SSSR count). The Hall–Kier alpha value is -3.60. The summed E-state index contributed by atoms with van der Waals surface area (Å²) in [7, 11) is 0. The second kappa shape index (κ2) is 6.03. The standard InChI is InChI=1S/C15H9FN6O/c16-12-5-11(2-3-13(12)22-9-18-8-20-22)15(23)21-14-4-1-10(6-17)7-19-14/h1-5,7-9H,(H,19,21,23). The first-order valence-electron chi connectivity index (χ1n) is 6.49. The van der Waals surface area contributed by atoms with Crippen LogP contribution >= 0.6 is 0 Å². The van der Waals surface area contributed by atoms with Crippen molar-refractivity contribution >= 4 is 11.7 Å². The van der Waals surface area contributed by atoms with Gasteiger partial charge >= 0.3 is 0 Å². The summed E-state index contributed by atoms with van der Waals surface area (Å²) in [5, 5.41) is 15.1. The highest BCUT2D eigenvalue weighted by Gasteiger charge is 2.12. The summed E-state index contributed by atoms with van der Waals surface area (Å²) >= 11 is 0. The monoisotopic (exact) mass is 308 g/mol. The van der Waals surface area contributed by atoms with Gasteiger partial charge in [0.05, 0.1) is 5.56 Å². The van der Waals surface area contributed by atoms with E-state index in [1.807, 2.05) is 6.07 Å². The van der Waals surface area contributed by atoms with Crippen molar-refractivity contribution in [3.8, 4) is 11.8 Å². The molecule has 0 radical (unpaired) electrons. The van der Waals surface area contributed by atoms with E-state index in [-0.39, 0.29) is 17.1 Å². The largest absolute Gasteiger partial charge is 0.307 e. The molecule has 0 unspecified atom stereocenters. The zero-order chi connectivity index (χ0) is 16.2. The van der Waals surface area contributed by atoms with Gasteiger partial charge in [0.1, 0.15) is 36.0 Å². The lowest BCUT2D eigenvalue weighted by atomic mass is 10.2. The maximum Gasteiger partial charge on any atom is 0.256 e. The predicted molar refractivity (Wildman–Crippen MR) is 78.2 cm³/mol. The molecule has 0 spiro atoms. The maximum absolute atomic E-state index is 14.1. The lowest BCUT2D eigenvalue weighted by Crippen LogP contribution is -2.13. The van der Waals surface area contributed by atoms with Gasteiger partial charge in [0, 0.05) is 11.8 Å². The Morgan fingerprint density at radius 3 is 2.78 bits per heavy atom. The van der Waals surface area contributed by atoms with E-state index in [0.717, 1.165) is 6.07 Å². The van der Waals surface area contributed by atoms with E-state index in [0.29, 0.717) is 5.56 Å². The van der Waals surface area contributed by atoms with Gasteiger partial charge in [0.15, 0.2) is 0 Å². The number of nitrogens with zero attached hydrogens (tertiary/aromatic N) is 5. The van der Waals surface area contributed by atoms with Crippen molar-refractivity contribution in [2.24, 2.45) is 0 Å². The Kier molecular flexibility index (Phi) is 3.76. The van der Waals surface area contributed by atoms with Crippen LogP contribution in [0.1, 0.15) is 15.9 Å². The van der Waals surface area contributed by atoms with Crippen LogP contribution in [0.4, 0.5) is 10.2 Å². The van der Waals surface area contributed by atoms with E-state index in [4.69, 9.17) is 5.26 Å². The molecule has 0 aliphatic rings.